The topological polar surface area (TPSA) is 57.2 Å². The number of aromatic nitrogens is 3. The van der Waals surface area contributed by atoms with Gasteiger partial charge in [0, 0.05) is 44.1 Å². The van der Waals surface area contributed by atoms with E-state index in [4.69, 9.17) is 0 Å². The predicted molar refractivity (Wildman–Crippen MR) is 105 cm³/mol. The molecule has 6 nitrogen and oxygen atoms in total. The zero-order chi connectivity index (χ0) is 17.8. The first kappa shape index (κ1) is 16.3. The molecule has 0 saturated carbocycles. The largest absolute Gasteiger partial charge is 0.353 e. The summed E-state index contributed by atoms with van der Waals surface area (Å²) in [4.78, 5) is 17.9. The Hall–Kier alpha value is -3.15. The van der Waals surface area contributed by atoms with Gasteiger partial charge in [0.05, 0.1) is 0 Å². The van der Waals surface area contributed by atoms with Crippen LogP contribution in [0.5, 0.6) is 0 Å². The summed E-state index contributed by atoms with van der Waals surface area (Å²) in [6.45, 7) is 5.78. The van der Waals surface area contributed by atoms with E-state index < -0.39 is 0 Å². The maximum atomic E-state index is 4.47. The third kappa shape index (κ3) is 3.59. The van der Waals surface area contributed by atoms with Crippen LogP contribution in [0.3, 0.4) is 0 Å². The van der Waals surface area contributed by atoms with Gasteiger partial charge in [-0.25, -0.2) is 15.0 Å². The van der Waals surface area contributed by atoms with Crippen molar-refractivity contribution in [3.05, 3.63) is 66.6 Å². The first-order valence-corrected chi connectivity index (χ1v) is 8.85. The molecule has 0 atom stereocenters. The van der Waals surface area contributed by atoms with Crippen molar-refractivity contribution in [1.82, 2.24) is 15.0 Å². The quantitative estimate of drug-likeness (QED) is 0.783. The fourth-order valence-corrected chi connectivity index (χ4v) is 3.14. The van der Waals surface area contributed by atoms with Crippen molar-refractivity contribution in [2.45, 2.75) is 6.92 Å². The van der Waals surface area contributed by atoms with E-state index in [1.54, 1.807) is 6.33 Å². The molecule has 3 heterocycles. The van der Waals surface area contributed by atoms with Gasteiger partial charge < -0.3 is 15.1 Å². The number of nitrogens with one attached hydrogen (secondary N) is 1. The lowest BCUT2D eigenvalue weighted by atomic mass is 10.2. The Morgan fingerprint density at radius 3 is 2.27 bits per heavy atom. The SMILES string of the molecule is Cc1ccccc1Nc1cc(N2CCN(c3ccccn3)CC2)ncn1. The second kappa shape index (κ2) is 7.39. The van der Waals surface area contributed by atoms with Gasteiger partial charge in [-0.3, -0.25) is 0 Å². The lowest BCUT2D eigenvalue weighted by molar-refractivity contribution is 0.641. The molecule has 132 valence electrons. The van der Waals surface area contributed by atoms with E-state index in [2.05, 4.69) is 55.2 Å². The average Bonchev–Trinajstić information content (AvgIpc) is 2.71. The normalized spacial score (nSPS) is 14.3. The number of benzene rings is 1. The number of para-hydroxylation sites is 1. The summed E-state index contributed by atoms with van der Waals surface area (Å²) in [7, 11) is 0. The van der Waals surface area contributed by atoms with Crippen molar-refractivity contribution >= 4 is 23.1 Å². The number of nitrogens with zero attached hydrogens (tertiary/aromatic N) is 5. The Morgan fingerprint density at radius 1 is 0.808 bits per heavy atom. The van der Waals surface area contributed by atoms with Crippen molar-refractivity contribution in [2.75, 3.05) is 41.3 Å². The highest BCUT2D eigenvalue weighted by molar-refractivity contribution is 5.62. The number of aryl methyl sites for hydroxylation is 1. The highest BCUT2D eigenvalue weighted by Crippen LogP contribution is 2.22. The summed E-state index contributed by atoms with van der Waals surface area (Å²) in [5.74, 6) is 2.81. The molecule has 2 aromatic heterocycles. The van der Waals surface area contributed by atoms with Gasteiger partial charge in [-0.2, -0.15) is 0 Å². The van der Waals surface area contributed by atoms with Crippen LogP contribution in [0.1, 0.15) is 5.56 Å². The average molecular weight is 346 g/mol. The fourth-order valence-electron chi connectivity index (χ4n) is 3.14. The molecular formula is C20H22N6. The molecule has 0 unspecified atom stereocenters. The molecule has 3 aromatic rings. The van der Waals surface area contributed by atoms with Gasteiger partial charge in [-0.05, 0) is 30.7 Å². The monoisotopic (exact) mass is 346 g/mol. The van der Waals surface area contributed by atoms with Crippen LogP contribution < -0.4 is 15.1 Å². The minimum absolute atomic E-state index is 0.816. The molecule has 1 N–H and O–H groups in total. The smallest absolute Gasteiger partial charge is 0.135 e. The van der Waals surface area contributed by atoms with Crippen molar-refractivity contribution in [3.63, 3.8) is 0 Å². The van der Waals surface area contributed by atoms with Crippen LogP contribution in [0, 0.1) is 6.92 Å². The van der Waals surface area contributed by atoms with E-state index >= 15 is 0 Å². The molecule has 1 aliphatic rings. The Morgan fingerprint density at radius 2 is 1.54 bits per heavy atom. The molecular weight excluding hydrogens is 324 g/mol. The Labute approximate surface area is 153 Å². The Balaban J connectivity index is 1.44. The zero-order valence-corrected chi connectivity index (χ0v) is 14.8. The molecule has 6 heteroatoms. The zero-order valence-electron chi connectivity index (χ0n) is 14.8. The van der Waals surface area contributed by atoms with Gasteiger partial charge in [-0.1, -0.05) is 24.3 Å². The summed E-state index contributed by atoms with van der Waals surface area (Å²) >= 11 is 0. The van der Waals surface area contributed by atoms with E-state index in [-0.39, 0.29) is 0 Å². The van der Waals surface area contributed by atoms with E-state index in [0.29, 0.717) is 0 Å². The number of piperazine rings is 1. The minimum atomic E-state index is 0.816. The van der Waals surface area contributed by atoms with Crippen LogP contribution in [-0.4, -0.2) is 41.1 Å². The summed E-state index contributed by atoms with van der Waals surface area (Å²) in [5, 5.41) is 3.39. The highest BCUT2D eigenvalue weighted by Gasteiger charge is 2.19. The van der Waals surface area contributed by atoms with Crippen LogP contribution in [0.2, 0.25) is 0 Å². The summed E-state index contributed by atoms with van der Waals surface area (Å²) in [5.41, 5.74) is 2.26. The van der Waals surface area contributed by atoms with E-state index in [9.17, 15) is 0 Å². The van der Waals surface area contributed by atoms with E-state index in [1.165, 1.54) is 5.56 Å². The van der Waals surface area contributed by atoms with Crippen LogP contribution in [0.25, 0.3) is 0 Å². The number of hydrogen-bond acceptors (Lipinski definition) is 6. The second-order valence-electron chi connectivity index (χ2n) is 6.36. The fraction of sp³-hybridized carbons (Fsp3) is 0.250. The molecule has 1 aromatic carbocycles. The molecule has 0 spiro atoms. The standard InChI is InChI=1S/C20H22N6/c1-16-6-2-3-7-17(16)24-18-14-20(23-15-22-18)26-12-10-25(11-13-26)19-8-4-5-9-21-19/h2-9,14-15H,10-13H2,1H3,(H,22,23,24). The molecule has 0 radical (unpaired) electrons. The third-order valence-corrected chi connectivity index (χ3v) is 4.64. The highest BCUT2D eigenvalue weighted by atomic mass is 15.3. The molecule has 0 bridgehead atoms. The maximum Gasteiger partial charge on any atom is 0.135 e. The third-order valence-electron chi connectivity index (χ3n) is 4.64. The van der Waals surface area contributed by atoms with Gasteiger partial charge in [0.15, 0.2) is 0 Å². The van der Waals surface area contributed by atoms with Crippen molar-refractivity contribution in [1.29, 1.82) is 0 Å². The summed E-state index contributed by atoms with van der Waals surface area (Å²) in [6, 6.07) is 16.3. The van der Waals surface area contributed by atoms with Crippen LogP contribution in [-0.2, 0) is 0 Å². The Kier molecular flexibility index (Phi) is 4.64. The second-order valence-corrected chi connectivity index (χ2v) is 6.36. The number of rotatable bonds is 4. The maximum absolute atomic E-state index is 4.47. The lowest BCUT2D eigenvalue weighted by Crippen LogP contribution is -2.47. The molecule has 1 aliphatic heterocycles. The molecule has 4 rings (SSSR count). The number of anilines is 4. The van der Waals surface area contributed by atoms with Crippen molar-refractivity contribution in [2.24, 2.45) is 0 Å². The van der Waals surface area contributed by atoms with Crippen LogP contribution in [0.4, 0.5) is 23.1 Å². The van der Waals surface area contributed by atoms with Crippen LogP contribution in [0.15, 0.2) is 61.1 Å². The first-order valence-electron chi connectivity index (χ1n) is 8.85. The first-order chi connectivity index (χ1) is 12.8. The van der Waals surface area contributed by atoms with E-state index in [0.717, 1.165) is 49.3 Å². The van der Waals surface area contributed by atoms with Crippen molar-refractivity contribution in [3.8, 4) is 0 Å². The van der Waals surface area contributed by atoms with Gasteiger partial charge in [0.1, 0.15) is 23.8 Å². The van der Waals surface area contributed by atoms with Gasteiger partial charge >= 0.3 is 0 Å². The van der Waals surface area contributed by atoms with Crippen LogP contribution >= 0.6 is 0 Å². The van der Waals surface area contributed by atoms with Crippen molar-refractivity contribution < 1.29 is 0 Å². The molecule has 1 fully saturated rings. The molecule has 0 aliphatic carbocycles. The predicted octanol–water partition coefficient (Wildman–Crippen LogP) is 3.25. The van der Waals surface area contributed by atoms with E-state index in [1.807, 2.05) is 36.5 Å². The summed E-state index contributed by atoms with van der Waals surface area (Å²) in [6.07, 6.45) is 3.47. The van der Waals surface area contributed by atoms with Gasteiger partial charge in [-0.15, -0.1) is 0 Å². The Bertz CT molecular complexity index is 859. The number of pyridine rings is 1. The molecule has 0 amide bonds. The minimum Gasteiger partial charge on any atom is -0.353 e. The molecule has 1 saturated heterocycles. The number of hydrogen-bond donors (Lipinski definition) is 1. The van der Waals surface area contributed by atoms with Gasteiger partial charge in [0.25, 0.3) is 0 Å². The lowest BCUT2D eigenvalue weighted by Gasteiger charge is -2.36. The van der Waals surface area contributed by atoms with Gasteiger partial charge in [0.2, 0.25) is 0 Å². The molecule has 26 heavy (non-hydrogen) atoms. The summed E-state index contributed by atoms with van der Waals surface area (Å²) < 4.78 is 0.